The molecule has 0 unspecified atom stereocenters. The Morgan fingerprint density at radius 1 is 1.41 bits per heavy atom. The van der Waals surface area contributed by atoms with Gasteiger partial charge in [0.05, 0.1) is 24.1 Å². The van der Waals surface area contributed by atoms with Crippen molar-refractivity contribution in [3.05, 3.63) is 22.7 Å². The monoisotopic (exact) mass is 325 g/mol. The number of carbonyl (C=O) groups is 2. The molecule has 2 aliphatic heterocycles. The molecular formula is C15H16ClNO5. The molecule has 2 heterocycles. The molecule has 7 heteroatoms. The van der Waals surface area contributed by atoms with Gasteiger partial charge in [-0.15, -0.1) is 0 Å². The Balaban J connectivity index is 1.89. The topological polar surface area (TPSA) is 76.1 Å². The van der Waals surface area contributed by atoms with E-state index in [1.165, 1.54) is 12.0 Å². The summed E-state index contributed by atoms with van der Waals surface area (Å²) in [5.74, 6) is 0.874. The molecular weight excluding hydrogens is 310 g/mol. The van der Waals surface area contributed by atoms with Gasteiger partial charge < -0.3 is 19.5 Å². The molecule has 0 aromatic heterocycles. The summed E-state index contributed by atoms with van der Waals surface area (Å²) in [6, 6.07) is 3.25. The van der Waals surface area contributed by atoms with E-state index in [9.17, 15) is 9.59 Å². The van der Waals surface area contributed by atoms with E-state index in [0.717, 1.165) is 0 Å². The lowest BCUT2D eigenvalue weighted by Crippen LogP contribution is -2.52. The molecule has 1 N–H and O–H groups in total. The number of halogens is 1. The van der Waals surface area contributed by atoms with Crippen LogP contribution in [0.15, 0.2) is 12.1 Å². The molecule has 1 amide bonds. The highest BCUT2D eigenvalue weighted by molar-refractivity contribution is 6.34. The molecule has 0 radical (unpaired) electrons. The van der Waals surface area contributed by atoms with Crippen LogP contribution in [0.4, 0.5) is 4.79 Å². The van der Waals surface area contributed by atoms with Crippen molar-refractivity contribution < 1.29 is 24.2 Å². The predicted octanol–water partition coefficient (Wildman–Crippen LogP) is 2.83. The molecule has 0 bridgehead atoms. The first kappa shape index (κ1) is 15.0. The second kappa shape index (κ2) is 5.35. The zero-order valence-electron chi connectivity index (χ0n) is 12.1. The molecule has 0 aliphatic carbocycles. The summed E-state index contributed by atoms with van der Waals surface area (Å²) in [6.45, 7) is 0.714. The summed E-state index contributed by atoms with van der Waals surface area (Å²) < 4.78 is 11.2. The summed E-state index contributed by atoms with van der Waals surface area (Å²) in [5.41, 5.74) is -0.264. The normalized spacial score (nSPS) is 19.5. The minimum atomic E-state index is -0.943. The largest absolute Gasteiger partial charge is 0.497 e. The quantitative estimate of drug-likeness (QED) is 0.859. The number of hydrogen-bond donors (Lipinski definition) is 1. The molecule has 1 spiro atoms. The minimum absolute atomic E-state index is 0.0716. The third-order valence-corrected chi connectivity index (χ3v) is 4.59. The lowest BCUT2D eigenvalue weighted by molar-refractivity contribution is -0.00528. The van der Waals surface area contributed by atoms with Crippen LogP contribution in [0, 0.1) is 0 Å². The van der Waals surface area contributed by atoms with Gasteiger partial charge in [-0.3, -0.25) is 4.79 Å². The number of hydrogen-bond acceptors (Lipinski definition) is 4. The van der Waals surface area contributed by atoms with Gasteiger partial charge in [-0.25, -0.2) is 4.79 Å². The highest BCUT2D eigenvalue weighted by Crippen LogP contribution is 2.43. The van der Waals surface area contributed by atoms with Gasteiger partial charge in [0.25, 0.3) is 0 Å². The lowest BCUT2D eigenvalue weighted by Gasteiger charge is -2.43. The number of piperidine rings is 1. The van der Waals surface area contributed by atoms with Gasteiger partial charge in [0.2, 0.25) is 0 Å². The Labute approximate surface area is 132 Å². The van der Waals surface area contributed by atoms with E-state index in [2.05, 4.69) is 0 Å². The second-order valence-corrected chi connectivity index (χ2v) is 6.04. The van der Waals surface area contributed by atoms with E-state index in [1.54, 1.807) is 12.1 Å². The second-order valence-electron chi connectivity index (χ2n) is 5.64. The summed E-state index contributed by atoms with van der Waals surface area (Å²) >= 11 is 6.15. The van der Waals surface area contributed by atoms with Crippen LogP contribution in [0.5, 0.6) is 11.5 Å². The van der Waals surface area contributed by atoms with E-state index >= 15 is 0 Å². The Bertz CT molecular complexity index is 637. The van der Waals surface area contributed by atoms with Crippen LogP contribution in [0.2, 0.25) is 5.02 Å². The fourth-order valence-corrected chi connectivity index (χ4v) is 3.37. The van der Waals surface area contributed by atoms with Gasteiger partial charge in [0.15, 0.2) is 5.78 Å². The molecule has 6 nitrogen and oxygen atoms in total. The number of ether oxygens (including phenoxy) is 2. The molecule has 1 saturated heterocycles. The van der Waals surface area contributed by atoms with Crippen molar-refractivity contribution >= 4 is 23.5 Å². The minimum Gasteiger partial charge on any atom is -0.497 e. The molecule has 0 atom stereocenters. The Kier molecular flexibility index (Phi) is 3.64. The number of amides is 1. The number of methoxy groups -OCH3 is 1. The molecule has 1 fully saturated rings. The van der Waals surface area contributed by atoms with Gasteiger partial charge in [-0.1, -0.05) is 11.6 Å². The van der Waals surface area contributed by atoms with Crippen LogP contribution in [0.25, 0.3) is 0 Å². The van der Waals surface area contributed by atoms with Gasteiger partial charge in [0, 0.05) is 32.0 Å². The molecule has 118 valence electrons. The Morgan fingerprint density at radius 2 is 2.09 bits per heavy atom. The first-order valence-corrected chi connectivity index (χ1v) is 7.39. The number of carbonyl (C=O) groups excluding carboxylic acids is 1. The Hall–Kier alpha value is -1.95. The zero-order chi connectivity index (χ0) is 15.9. The number of nitrogens with zero attached hydrogens (tertiary/aromatic N) is 1. The average molecular weight is 326 g/mol. The lowest BCUT2D eigenvalue weighted by atomic mass is 9.82. The fraction of sp³-hybridized carbons (Fsp3) is 0.467. The van der Waals surface area contributed by atoms with Crippen molar-refractivity contribution in [2.75, 3.05) is 20.2 Å². The first-order valence-electron chi connectivity index (χ1n) is 7.02. The number of rotatable bonds is 1. The highest BCUT2D eigenvalue weighted by atomic mass is 35.5. The Morgan fingerprint density at radius 3 is 2.68 bits per heavy atom. The smallest absolute Gasteiger partial charge is 0.407 e. The molecule has 2 aliphatic rings. The van der Waals surface area contributed by atoms with E-state index in [1.807, 2.05) is 0 Å². The van der Waals surface area contributed by atoms with Crippen molar-refractivity contribution in [3.8, 4) is 11.5 Å². The van der Waals surface area contributed by atoms with Crippen molar-refractivity contribution in [1.82, 2.24) is 4.90 Å². The van der Waals surface area contributed by atoms with Crippen molar-refractivity contribution in [2.24, 2.45) is 0 Å². The average Bonchev–Trinajstić information content (AvgIpc) is 2.46. The van der Waals surface area contributed by atoms with Gasteiger partial charge in [-0.2, -0.15) is 0 Å². The number of carboxylic acid groups (broad SMARTS) is 1. The van der Waals surface area contributed by atoms with E-state index in [-0.39, 0.29) is 12.2 Å². The van der Waals surface area contributed by atoms with E-state index in [0.29, 0.717) is 48.0 Å². The molecule has 3 rings (SSSR count). The van der Waals surface area contributed by atoms with Crippen LogP contribution < -0.4 is 9.47 Å². The standard InChI is InChI=1S/C15H16ClNO5/c1-21-9-6-10(16)13-11(18)8-15(22-12(13)7-9)2-4-17(5-3-15)14(19)20/h6-7H,2-5,8H2,1H3,(H,19,20). The van der Waals surface area contributed by atoms with Gasteiger partial charge in [0.1, 0.15) is 17.1 Å². The maximum absolute atomic E-state index is 12.5. The van der Waals surface area contributed by atoms with Crippen molar-refractivity contribution in [2.45, 2.75) is 24.9 Å². The van der Waals surface area contributed by atoms with Crippen LogP contribution in [0.3, 0.4) is 0 Å². The molecule has 0 saturated carbocycles. The number of likely N-dealkylation sites (tertiary alicyclic amines) is 1. The highest BCUT2D eigenvalue weighted by Gasteiger charge is 2.44. The van der Waals surface area contributed by atoms with Crippen LogP contribution in [0.1, 0.15) is 29.6 Å². The summed E-state index contributed by atoms with van der Waals surface area (Å²) in [5, 5.41) is 9.34. The maximum atomic E-state index is 12.5. The zero-order valence-corrected chi connectivity index (χ0v) is 12.9. The van der Waals surface area contributed by atoms with Crippen LogP contribution in [-0.4, -0.2) is 47.7 Å². The maximum Gasteiger partial charge on any atom is 0.407 e. The fourth-order valence-electron chi connectivity index (χ4n) is 3.06. The third-order valence-electron chi connectivity index (χ3n) is 4.30. The predicted molar refractivity (Wildman–Crippen MR) is 79.1 cm³/mol. The van der Waals surface area contributed by atoms with Crippen LogP contribution in [-0.2, 0) is 0 Å². The van der Waals surface area contributed by atoms with Crippen molar-refractivity contribution in [3.63, 3.8) is 0 Å². The van der Waals surface area contributed by atoms with Crippen LogP contribution >= 0.6 is 11.6 Å². The summed E-state index contributed by atoms with van der Waals surface area (Å²) in [6.07, 6.45) is 0.250. The van der Waals surface area contributed by atoms with E-state index < -0.39 is 11.7 Å². The number of fused-ring (bicyclic) bond motifs is 1. The number of ketones is 1. The molecule has 1 aromatic rings. The summed E-state index contributed by atoms with van der Waals surface area (Å²) in [4.78, 5) is 24.8. The molecule has 1 aromatic carbocycles. The number of Topliss-reactive ketones (excluding diaryl/α,β-unsaturated/α-hetero) is 1. The van der Waals surface area contributed by atoms with E-state index in [4.69, 9.17) is 26.2 Å². The third kappa shape index (κ3) is 2.47. The molecule has 22 heavy (non-hydrogen) atoms. The van der Waals surface area contributed by atoms with Crippen molar-refractivity contribution in [1.29, 1.82) is 0 Å². The summed E-state index contributed by atoms with van der Waals surface area (Å²) in [7, 11) is 1.52. The van der Waals surface area contributed by atoms with Gasteiger partial charge >= 0.3 is 6.09 Å². The number of benzene rings is 1. The van der Waals surface area contributed by atoms with Gasteiger partial charge in [-0.05, 0) is 6.07 Å². The SMILES string of the molecule is COc1cc(Cl)c2c(c1)OC1(CCN(C(=O)O)CC1)CC2=O. The first-order chi connectivity index (χ1) is 10.4.